The predicted octanol–water partition coefficient (Wildman–Crippen LogP) is 1.96. The van der Waals surface area contributed by atoms with Crippen LogP contribution in [0.4, 0.5) is 5.69 Å². The van der Waals surface area contributed by atoms with E-state index in [1.165, 1.54) is 0 Å². The van der Waals surface area contributed by atoms with Crippen molar-refractivity contribution in [3.05, 3.63) is 63.7 Å². The molecule has 0 radical (unpaired) electrons. The van der Waals surface area contributed by atoms with E-state index in [2.05, 4.69) is 20.2 Å². The molecule has 1 saturated heterocycles. The molecule has 3 aromatic rings. The van der Waals surface area contributed by atoms with Crippen molar-refractivity contribution in [2.24, 2.45) is 0 Å². The molecule has 9 heteroatoms. The molecular formula is C25H27N5O4. The molecule has 34 heavy (non-hydrogen) atoms. The number of aromatic nitrogens is 2. The molecule has 2 aliphatic heterocycles. The van der Waals surface area contributed by atoms with Crippen LogP contribution >= 0.6 is 0 Å². The largest absolute Gasteiger partial charge is 0.493 e. The van der Waals surface area contributed by atoms with Crippen LogP contribution in [-0.4, -0.2) is 66.0 Å². The highest BCUT2D eigenvalue weighted by atomic mass is 16.5. The van der Waals surface area contributed by atoms with Crippen LogP contribution < -0.4 is 20.5 Å². The Hall–Kier alpha value is -3.88. The van der Waals surface area contributed by atoms with Gasteiger partial charge in [-0.2, -0.15) is 0 Å². The molecular weight excluding hydrogens is 434 g/mol. The second-order valence-electron chi connectivity index (χ2n) is 8.63. The van der Waals surface area contributed by atoms with Crippen molar-refractivity contribution in [1.82, 2.24) is 20.2 Å². The summed E-state index contributed by atoms with van der Waals surface area (Å²) in [6.07, 6.45) is 3.04. The van der Waals surface area contributed by atoms with E-state index < -0.39 is 0 Å². The summed E-state index contributed by atoms with van der Waals surface area (Å²) in [5.74, 6) is 0.244. The molecule has 0 saturated carbocycles. The van der Waals surface area contributed by atoms with Crippen molar-refractivity contribution in [2.45, 2.75) is 25.8 Å². The first kappa shape index (κ1) is 21.9. The number of aryl methyl sites for hydroxylation is 1. The number of benzene rings is 1. The number of anilines is 1. The number of rotatable bonds is 3. The third-order valence-electron chi connectivity index (χ3n) is 6.66. The van der Waals surface area contributed by atoms with Gasteiger partial charge in [-0.25, -0.2) is 4.98 Å². The highest BCUT2D eigenvalue weighted by Gasteiger charge is 2.34. The number of H-pyrrole nitrogens is 1. The van der Waals surface area contributed by atoms with E-state index in [0.717, 1.165) is 11.1 Å². The fraction of sp³-hybridized carbons (Fsp3) is 0.360. The molecule has 1 atom stereocenters. The lowest BCUT2D eigenvalue weighted by Gasteiger charge is -2.43. The van der Waals surface area contributed by atoms with Gasteiger partial charge in [0, 0.05) is 49.6 Å². The zero-order valence-corrected chi connectivity index (χ0v) is 19.3. The second-order valence-corrected chi connectivity index (χ2v) is 8.63. The van der Waals surface area contributed by atoms with Crippen molar-refractivity contribution in [3.8, 4) is 5.75 Å². The smallest absolute Gasteiger partial charge is 0.269 e. The number of carbonyl (C=O) groups excluding carboxylic acids is 2. The number of fused-ring (bicyclic) bond motifs is 3. The van der Waals surface area contributed by atoms with Crippen molar-refractivity contribution < 1.29 is 14.3 Å². The van der Waals surface area contributed by atoms with Crippen LogP contribution in [0.15, 0.2) is 41.3 Å². The summed E-state index contributed by atoms with van der Waals surface area (Å²) in [5.41, 5.74) is 2.97. The number of pyridine rings is 2. The summed E-state index contributed by atoms with van der Waals surface area (Å²) < 4.78 is 6.04. The predicted molar refractivity (Wildman–Crippen MR) is 129 cm³/mol. The first-order chi connectivity index (χ1) is 16.5. The highest BCUT2D eigenvalue weighted by Crippen LogP contribution is 2.31. The van der Waals surface area contributed by atoms with Crippen LogP contribution in [0.5, 0.6) is 5.75 Å². The summed E-state index contributed by atoms with van der Waals surface area (Å²) >= 11 is 0. The van der Waals surface area contributed by atoms with Crippen LogP contribution in [0.2, 0.25) is 0 Å². The van der Waals surface area contributed by atoms with Crippen LogP contribution in [0.25, 0.3) is 10.9 Å². The maximum atomic E-state index is 13.5. The van der Waals surface area contributed by atoms with E-state index in [1.807, 2.05) is 30.0 Å². The number of carbonyl (C=O) groups is 2. The van der Waals surface area contributed by atoms with Crippen LogP contribution in [0, 0.1) is 0 Å². The number of aromatic amines is 1. The molecule has 1 unspecified atom stereocenters. The van der Waals surface area contributed by atoms with E-state index in [9.17, 15) is 14.4 Å². The van der Waals surface area contributed by atoms with Crippen molar-refractivity contribution in [3.63, 3.8) is 0 Å². The lowest BCUT2D eigenvalue weighted by molar-refractivity contribution is 0.0600. The summed E-state index contributed by atoms with van der Waals surface area (Å²) in [5, 5.41) is 3.43. The van der Waals surface area contributed by atoms with Crippen LogP contribution in [0.1, 0.15) is 39.8 Å². The Bertz CT molecular complexity index is 1320. The number of hydrogen-bond acceptors (Lipinski definition) is 6. The maximum Gasteiger partial charge on any atom is 0.269 e. The minimum absolute atomic E-state index is 0.0229. The van der Waals surface area contributed by atoms with E-state index >= 15 is 0 Å². The molecule has 5 rings (SSSR count). The number of hydrogen-bond donors (Lipinski definition) is 2. The van der Waals surface area contributed by atoms with E-state index in [1.54, 1.807) is 25.4 Å². The van der Waals surface area contributed by atoms with Gasteiger partial charge >= 0.3 is 0 Å². The molecule has 9 nitrogen and oxygen atoms in total. The summed E-state index contributed by atoms with van der Waals surface area (Å²) in [4.78, 5) is 48.9. The number of nitrogens with zero attached hydrogens (tertiary/aromatic N) is 3. The summed E-state index contributed by atoms with van der Waals surface area (Å²) in [6.45, 7) is 4.29. The van der Waals surface area contributed by atoms with Gasteiger partial charge in [0.25, 0.3) is 17.4 Å². The molecule has 2 amide bonds. The van der Waals surface area contributed by atoms with E-state index in [-0.39, 0.29) is 23.4 Å². The summed E-state index contributed by atoms with van der Waals surface area (Å²) in [7, 11) is 1.58. The second kappa shape index (κ2) is 8.81. The van der Waals surface area contributed by atoms with Gasteiger partial charge in [0.1, 0.15) is 11.4 Å². The zero-order chi connectivity index (χ0) is 23.8. The molecule has 4 heterocycles. The van der Waals surface area contributed by atoms with Gasteiger partial charge in [-0.3, -0.25) is 14.4 Å². The molecule has 0 aliphatic carbocycles. The van der Waals surface area contributed by atoms with Gasteiger partial charge in [0.05, 0.1) is 30.1 Å². The zero-order valence-electron chi connectivity index (χ0n) is 19.3. The van der Waals surface area contributed by atoms with Gasteiger partial charge < -0.3 is 24.8 Å². The van der Waals surface area contributed by atoms with E-state index in [0.29, 0.717) is 67.2 Å². The fourth-order valence-corrected chi connectivity index (χ4v) is 4.73. The van der Waals surface area contributed by atoms with Gasteiger partial charge in [-0.15, -0.1) is 0 Å². The fourth-order valence-electron chi connectivity index (χ4n) is 4.73. The lowest BCUT2D eigenvalue weighted by Crippen LogP contribution is -2.56. The lowest BCUT2D eigenvalue weighted by atomic mass is 10.0. The topological polar surface area (TPSA) is 108 Å². The third kappa shape index (κ3) is 3.87. The molecule has 0 bridgehead atoms. The highest BCUT2D eigenvalue weighted by molar-refractivity contribution is 6.01. The first-order valence-electron chi connectivity index (χ1n) is 11.5. The molecule has 0 spiro atoms. The summed E-state index contributed by atoms with van der Waals surface area (Å²) in [6, 6.07) is 9.03. The minimum atomic E-state index is -0.224. The Morgan fingerprint density at radius 3 is 2.82 bits per heavy atom. The van der Waals surface area contributed by atoms with Crippen molar-refractivity contribution in [2.75, 3.05) is 38.2 Å². The molecule has 2 aromatic heterocycles. The van der Waals surface area contributed by atoms with Crippen molar-refractivity contribution in [1.29, 1.82) is 0 Å². The molecule has 2 aliphatic rings. The number of amides is 2. The van der Waals surface area contributed by atoms with Crippen LogP contribution in [-0.2, 0) is 6.42 Å². The first-order valence-corrected chi connectivity index (χ1v) is 11.5. The Morgan fingerprint density at radius 2 is 2.09 bits per heavy atom. The standard InChI is InChI=1S/C25H27N5O4/c1-3-15-10-16-11-22-19(12-21(16)28-23(15)31)25(33)30-8-7-29(14-18(30)6-9-34-22)17-4-5-20(27-13-17)24(32)26-2/h4-5,10-13,18H,3,6-9,14H2,1-2H3,(H,26,32)(H,28,31). The van der Waals surface area contributed by atoms with Crippen molar-refractivity contribution >= 4 is 28.4 Å². The molecule has 176 valence electrons. The minimum Gasteiger partial charge on any atom is -0.493 e. The van der Waals surface area contributed by atoms with Gasteiger partial charge in [-0.05, 0) is 36.8 Å². The van der Waals surface area contributed by atoms with Gasteiger partial charge in [-0.1, -0.05) is 6.92 Å². The average Bonchev–Trinajstić information content (AvgIpc) is 2.86. The van der Waals surface area contributed by atoms with E-state index in [4.69, 9.17) is 4.74 Å². The molecule has 1 fully saturated rings. The Kier molecular flexibility index (Phi) is 5.69. The Balaban J connectivity index is 1.41. The third-order valence-corrected chi connectivity index (χ3v) is 6.66. The van der Waals surface area contributed by atoms with Crippen LogP contribution in [0.3, 0.4) is 0 Å². The quantitative estimate of drug-likeness (QED) is 0.618. The Morgan fingerprint density at radius 1 is 1.24 bits per heavy atom. The number of nitrogens with one attached hydrogen (secondary N) is 2. The number of ether oxygens (including phenoxy) is 1. The molecule has 2 N–H and O–H groups in total. The van der Waals surface area contributed by atoms with Gasteiger partial charge in [0.2, 0.25) is 0 Å². The normalized spacial score (nSPS) is 17.9. The molecule has 1 aromatic carbocycles. The maximum absolute atomic E-state index is 13.5. The Labute approximate surface area is 196 Å². The monoisotopic (exact) mass is 461 g/mol. The van der Waals surface area contributed by atoms with Gasteiger partial charge in [0.15, 0.2) is 0 Å². The number of piperazine rings is 1. The SMILES string of the molecule is CCc1cc2cc3c(cc2[nH]c1=O)C(=O)N1CCN(c2ccc(C(=O)NC)nc2)CC1CCO3. The average molecular weight is 462 g/mol.